The van der Waals surface area contributed by atoms with E-state index in [1.807, 2.05) is 6.92 Å². The van der Waals surface area contributed by atoms with Gasteiger partial charge in [0.05, 0.1) is 17.2 Å². The molecular weight excluding hydrogens is 445 g/mol. The molecule has 4 rings (SSSR count). The molecule has 0 aliphatic heterocycles. The zero-order valence-corrected chi connectivity index (χ0v) is 17.5. The van der Waals surface area contributed by atoms with Gasteiger partial charge < -0.3 is 4.74 Å². The van der Waals surface area contributed by atoms with Crippen molar-refractivity contribution in [3.05, 3.63) is 72.7 Å². The molecule has 2 aromatic carbocycles. The van der Waals surface area contributed by atoms with Crippen LogP contribution in [0.2, 0.25) is 0 Å². The number of ether oxygens (including phenoxy) is 1. The quantitative estimate of drug-likeness (QED) is 0.451. The first-order valence-corrected chi connectivity index (χ1v) is 10.9. The summed E-state index contributed by atoms with van der Waals surface area (Å²) in [6.45, 7) is 2.22. The molecule has 0 spiro atoms. The van der Waals surface area contributed by atoms with Crippen LogP contribution < -0.4 is 9.46 Å². The summed E-state index contributed by atoms with van der Waals surface area (Å²) >= 11 is 0. The van der Waals surface area contributed by atoms with Gasteiger partial charge in [-0.25, -0.2) is 13.1 Å². The highest BCUT2D eigenvalue weighted by atomic mass is 32.2. The van der Waals surface area contributed by atoms with Crippen molar-refractivity contribution in [1.82, 2.24) is 14.8 Å². The SMILES string of the molecule is CCOc1ccc(S(=O)(=O)Nc2ccc(-n3ccc(C(F)(F)F)n3)cc2)c2cccnc12. The standard InChI is InChI=1S/C21H17F3N4O3S/c1-2-31-17-9-10-18(16-4-3-12-25-20(16)17)32(29,30)27-14-5-7-15(8-6-14)28-13-11-19(26-28)21(22,23)24/h3-13,27H,2H2,1H3. The zero-order chi connectivity index (χ0) is 22.9. The first-order valence-electron chi connectivity index (χ1n) is 9.46. The van der Waals surface area contributed by atoms with Gasteiger partial charge in [-0.15, -0.1) is 0 Å². The lowest BCUT2D eigenvalue weighted by Gasteiger charge is -2.13. The van der Waals surface area contributed by atoms with E-state index in [0.29, 0.717) is 28.9 Å². The molecule has 2 aromatic heterocycles. The molecule has 0 unspecified atom stereocenters. The van der Waals surface area contributed by atoms with Crippen molar-refractivity contribution in [2.75, 3.05) is 11.3 Å². The minimum absolute atomic E-state index is 0.0232. The lowest BCUT2D eigenvalue weighted by atomic mass is 10.2. The Morgan fingerprint density at radius 3 is 2.47 bits per heavy atom. The number of hydrogen-bond donors (Lipinski definition) is 1. The Bertz CT molecular complexity index is 1370. The molecule has 0 saturated carbocycles. The highest BCUT2D eigenvalue weighted by Gasteiger charge is 2.33. The molecule has 7 nitrogen and oxygen atoms in total. The number of pyridine rings is 1. The van der Waals surface area contributed by atoms with Crippen LogP contribution in [-0.2, 0) is 16.2 Å². The van der Waals surface area contributed by atoms with Crippen molar-refractivity contribution in [2.45, 2.75) is 18.0 Å². The maximum absolute atomic E-state index is 13.0. The van der Waals surface area contributed by atoms with Crippen LogP contribution in [0.5, 0.6) is 5.75 Å². The van der Waals surface area contributed by atoms with Gasteiger partial charge in [0.25, 0.3) is 10.0 Å². The highest BCUT2D eigenvalue weighted by Crippen LogP contribution is 2.31. The third kappa shape index (κ3) is 4.24. The molecular formula is C21H17F3N4O3S. The smallest absolute Gasteiger partial charge is 0.435 e. The number of rotatable bonds is 6. The highest BCUT2D eigenvalue weighted by molar-refractivity contribution is 7.93. The van der Waals surface area contributed by atoms with Crippen LogP contribution in [0.1, 0.15) is 12.6 Å². The van der Waals surface area contributed by atoms with Crippen molar-refractivity contribution in [1.29, 1.82) is 0 Å². The van der Waals surface area contributed by atoms with Gasteiger partial charge in [-0.05, 0) is 61.5 Å². The molecule has 1 N–H and O–H groups in total. The minimum Gasteiger partial charge on any atom is -0.492 e. The Morgan fingerprint density at radius 1 is 1.06 bits per heavy atom. The molecule has 11 heteroatoms. The predicted molar refractivity (Wildman–Crippen MR) is 112 cm³/mol. The number of sulfonamides is 1. The molecule has 0 atom stereocenters. The molecule has 0 saturated heterocycles. The van der Waals surface area contributed by atoms with Crippen LogP contribution >= 0.6 is 0 Å². The Labute approximate surface area is 181 Å². The van der Waals surface area contributed by atoms with E-state index in [1.54, 1.807) is 24.4 Å². The van der Waals surface area contributed by atoms with Crippen molar-refractivity contribution < 1.29 is 26.3 Å². The fraction of sp³-hybridized carbons (Fsp3) is 0.143. The Morgan fingerprint density at radius 2 is 1.81 bits per heavy atom. The molecule has 0 amide bonds. The van der Waals surface area contributed by atoms with E-state index in [9.17, 15) is 21.6 Å². The molecule has 4 aromatic rings. The summed E-state index contributed by atoms with van der Waals surface area (Å²) < 4.78 is 73.4. The van der Waals surface area contributed by atoms with Crippen LogP contribution in [0.15, 0.2) is 71.9 Å². The average molecular weight is 462 g/mol. The third-order valence-electron chi connectivity index (χ3n) is 4.55. The number of anilines is 1. The van der Waals surface area contributed by atoms with E-state index in [-0.39, 0.29) is 10.6 Å². The molecule has 0 bridgehead atoms. The summed E-state index contributed by atoms with van der Waals surface area (Å²) in [5, 5.41) is 3.90. The first kappa shape index (κ1) is 21.6. The fourth-order valence-electron chi connectivity index (χ4n) is 3.14. The average Bonchev–Trinajstić information content (AvgIpc) is 3.25. The normalized spacial score (nSPS) is 12.1. The van der Waals surface area contributed by atoms with Gasteiger partial charge in [0.2, 0.25) is 0 Å². The first-order chi connectivity index (χ1) is 15.2. The summed E-state index contributed by atoms with van der Waals surface area (Å²) in [6.07, 6.45) is -1.82. The van der Waals surface area contributed by atoms with Gasteiger partial charge in [-0.3, -0.25) is 9.71 Å². The van der Waals surface area contributed by atoms with Gasteiger partial charge in [0.15, 0.2) is 5.69 Å². The van der Waals surface area contributed by atoms with Gasteiger partial charge in [-0.2, -0.15) is 18.3 Å². The van der Waals surface area contributed by atoms with Crippen molar-refractivity contribution in [3.63, 3.8) is 0 Å². The van der Waals surface area contributed by atoms with Gasteiger partial charge in [0.1, 0.15) is 11.3 Å². The monoisotopic (exact) mass is 462 g/mol. The van der Waals surface area contributed by atoms with Crippen LogP contribution in [-0.4, -0.2) is 29.8 Å². The largest absolute Gasteiger partial charge is 0.492 e. The topological polar surface area (TPSA) is 86.1 Å². The predicted octanol–water partition coefficient (Wildman–Crippen LogP) is 4.64. The van der Waals surface area contributed by atoms with Gasteiger partial charge in [0, 0.05) is 23.5 Å². The molecule has 32 heavy (non-hydrogen) atoms. The van der Waals surface area contributed by atoms with E-state index in [1.165, 1.54) is 36.5 Å². The number of fused-ring (bicyclic) bond motifs is 1. The minimum atomic E-state index is -4.55. The molecule has 0 fully saturated rings. The second-order valence-corrected chi connectivity index (χ2v) is 8.34. The zero-order valence-electron chi connectivity index (χ0n) is 16.7. The molecule has 0 aliphatic rings. The fourth-order valence-corrected chi connectivity index (χ4v) is 4.40. The number of alkyl halides is 3. The number of aromatic nitrogens is 3. The molecule has 2 heterocycles. The van der Waals surface area contributed by atoms with Crippen LogP contribution in [0.3, 0.4) is 0 Å². The lowest BCUT2D eigenvalue weighted by molar-refractivity contribution is -0.141. The summed E-state index contributed by atoms with van der Waals surface area (Å²) in [7, 11) is -3.98. The molecule has 0 radical (unpaired) electrons. The van der Waals surface area contributed by atoms with E-state index in [0.717, 1.165) is 10.7 Å². The summed E-state index contributed by atoms with van der Waals surface area (Å²) in [4.78, 5) is 4.26. The van der Waals surface area contributed by atoms with Crippen molar-refractivity contribution in [2.24, 2.45) is 0 Å². The number of nitrogens with one attached hydrogen (secondary N) is 1. The Hall–Kier alpha value is -3.60. The maximum atomic E-state index is 13.0. The van der Waals surface area contributed by atoms with E-state index in [4.69, 9.17) is 4.74 Å². The number of nitrogens with zero attached hydrogens (tertiary/aromatic N) is 3. The van der Waals surface area contributed by atoms with Crippen LogP contribution in [0, 0.1) is 0 Å². The summed E-state index contributed by atoms with van der Waals surface area (Å²) in [5.41, 5.74) is -0.00738. The number of halogens is 3. The second-order valence-electron chi connectivity index (χ2n) is 6.69. The van der Waals surface area contributed by atoms with Crippen molar-refractivity contribution >= 4 is 26.6 Å². The second kappa shape index (κ2) is 8.15. The van der Waals surface area contributed by atoms with E-state index in [2.05, 4.69) is 14.8 Å². The molecule has 166 valence electrons. The number of hydrogen-bond acceptors (Lipinski definition) is 5. The number of benzene rings is 2. The third-order valence-corrected chi connectivity index (χ3v) is 5.99. The molecule has 0 aliphatic carbocycles. The van der Waals surface area contributed by atoms with E-state index >= 15 is 0 Å². The summed E-state index contributed by atoms with van der Waals surface area (Å²) in [5.74, 6) is 0.476. The Balaban J connectivity index is 1.62. The summed E-state index contributed by atoms with van der Waals surface area (Å²) in [6, 6.07) is 12.9. The maximum Gasteiger partial charge on any atom is 0.435 e. The van der Waals surface area contributed by atoms with Gasteiger partial charge in [-0.1, -0.05) is 0 Å². The van der Waals surface area contributed by atoms with Crippen LogP contribution in [0.4, 0.5) is 18.9 Å². The Kier molecular flexibility index (Phi) is 5.51. The van der Waals surface area contributed by atoms with Gasteiger partial charge >= 0.3 is 6.18 Å². The van der Waals surface area contributed by atoms with Crippen LogP contribution in [0.25, 0.3) is 16.6 Å². The van der Waals surface area contributed by atoms with Crippen molar-refractivity contribution in [3.8, 4) is 11.4 Å². The van der Waals surface area contributed by atoms with E-state index < -0.39 is 21.9 Å². The lowest BCUT2D eigenvalue weighted by Crippen LogP contribution is -2.14.